The van der Waals surface area contributed by atoms with Crippen LogP contribution in [0.4, 0.5) is 0 Å². The Labute approximate surface area is 159 Å². The number of benzene rings is 2. The van der Waals surface area contributed by atoms with Crippen molar-refractivity contribution < 1.29 is 4.79 Å². The van der Waals surface area contributed by atoms with Gasteiger partial charge in [-0.3, -0.25) is 4.79 Å². The van der Waals surface area contributed by atoms with Gasteiger partial charge in [-0.2, -0.15) is 0 Å². The highest BCUT2D eigenvalue weighted by atomic mass is 35.5. The van der Waals surface area contributed by atoms with Crippen LogP contribution in [0.5, 0.6) is 0 Å². The van der Waals surface area contributed by atoms with Gasteiger partial charge in [0, 0.05) is 25.0 Å². The Morgan fingerprint density at radius 3 is 2.65 bits per heavy atom. The maximum absolute atomic E-state index is 12.0. The van der Waals surface area contributed by atoms with Crippen molar-refractivity contribution in [1.82, 2.24) is 14.9 Å². The van der Waals surface area contributed by atoms with Crippen molar-refractivity contribution in [1.29, 1.82) is 0 Å². The molecule has 0 saturated heterocycles. The molecule has 1 amide bonds. The molecule has 0 aliphatic carbocycles. The number of amides is 1. The number of aromatic nitrogens is 2. The van der Waals surface area contributed by atoms with E-state index in [4.69, 9.17) is 16.6 Å². The number of halogens is 1. The lowest BCUT2D eigenvalue weighted by molar-refractivity contribution is -0.120. The molecule has 0 spiro atoms. The topological polar surface area (TPSA) is 46.9 Å². The summed E-state index contributed by atoms with van der Waals surface area (Å²) in [4.78, 5) is 16.7. The Morgan fingerprint density at radius 1 is 1.08 bits per heavy atom. The lowest BCUT2D eigenvalue weighted by Gasteiger charge is -2.07. The number of nitrogens with one attached hydrogen (secondary N) is 1. The first kappa shape index (κ1) is 18.5. The number of aryl methyl sites for hydroxylation is 2. The molecule has 0 aliphatic heterocycles. The normalized spacial score (nSPS) is 11.0. The molecule has 0 bridgehead atoms. The average molecular weight is 370 g/mol. The quantitative estimate of drug-likeness (QED) is 0.602. The molecule has 4 nitrogen and oxygen atoms in total. The van der Waals surface area contributed by atoms with Gasteiger partial charge in [-0.05, 0) is 36.6 Å². The van der Waals surface area contributed by atoms with Gasteiger partial charge in [0.15, 0.2) is 0 Å². The van der Waals surface area contributed by atoms with E-state index in [1.54, 1.807) is 0 Å². The number of carbonyl (C=O) groups is 1. The average Bonchev–Trinajstić information content (AvgIpc) is 2.96. The van der Waals surface area contributed by atoms with Crippen molar-refractivity contribution in [2.45, 2.75) is 32.1 Å². The van der Waals surface area contributed by atoms with Crippen molar-refractivity contribution in [3.63, 3.8) is 0 Å². The summed E-state index contributed by atoms with van der Waals surface area (Å²) in [6.45, 7) is 0.700. The van der Waals surface area contributed by atoms with Gasteiger partial charge >= 0.3 is 0 Å². The summed E-state index contributed by atoms with van der Waals surface area (Å²) in [7, 11) is 2.07. The second-order valence-corrected chi connectivity index (χ2v) is 6.91. The molecule has 26 heavy (non-hydrogen) atoms. The van der Waals surface area contributed by atoms with Crippen molar-refractivity contribution in [2.75, 3.05) is 6.54 Å². The molecule has 0 radical (unpaired) electrons. The largest absolute Gasteiger partial charge is 0.356 e. The van der Waals surface area contributed by atoms with Gasteiger partial charge in [0.25, 0.3) is 0 Å². The number of nitrogens with zero attached hydrogens (tertiary/aromatic N) is 2. The fourth-order valence-corrected chi connectivity index (χ4v) is 3.31. The van der Waals surface area contributed by atoms with Crippen LogP contribution in [0.3, 0.4) is 0 Å². The van der Waals surface area contributed by atoms with Crippen LogP contribution in [0.2, 0.25) is 5.02 Å². The Kier molecular flexibility index (Phi) is 6.29. The SMILES string of the molecule is Cn1c(CCCCCNC(=O)Cc2ccccc2Cl)nc2ccccc21. The second-order valence-electron chi connectivity index (χ2n) is 6.50. The summed E-state index contributed by atoms with van der Waals surface area (Å²) in [5.74, 6) is 1.14. The van der Waals surface area contributed by atoms with Crippen LogP contribution >= 0.6 is 11.6 Å². The molecular formula is C21H24ClN3O. The van der Waals surface area contributed by atoms with Crippen LogP contribution in [0.25, 0.3) is 11.0 Å². The number of unbranched alkanes of at least 4 members (excludes halogenated alkanes) is 2. The maximum atomic E-state index is 12.0. The molecule has 1 heterocycles. The number of para-hydroxylation sites is 2. The fourth-order valence-electron chi connectivity index (χ4n) is 3.11. The summed E-state index contributed by atoms with van der Waals surface area (Å²) in [5.41, 5.74) is 3.10. The number of hydrogen-bond acceptors (Lipinski definition) is 2. The van der Waals surface area contributed by atoms with Crippen molar-refractivity contribution in [3.05, 3.63) is 64.9 Å². The molecule has 136 valence electrons. The predicted molar refractivity (Wildman–Crippen MR) is 106 cm³/mol. The number of hydrogen-bond donors (Lipinski definition) is 1. The van der Waals surface area contributed by atoms with Crippen molar-refractivity contribution in [3.8, 4) is 0 Å². The van der Waals surface area contributed by atoms with Gasteiger partial charge in [0.05, 0.1) is 17.5 Å². The third-order valence-electron chi connectivity index (χ3n) is 4.59. The third-order valence-corrected chi connectivity index (χ3v) is 4.96. The lowest BCUT2D eigenvalue weighted by atomic mass is 10.1. The highest BCUT2D eigenvalue weighted by Crippen LogP contribution is 2.16. The van der Waals surface area contributed by atoms with E-state index in [1.165, 1.54) is 5.52 Å². The van der Waals surface area contributed by atoms with Crippen LogP contribution < -0.4 is 5.32 Å². The number of carbonyl (C=O) groups excluding carboxylic acids is 1. The zero-order valence-electron chi connectivity index (χ0n) is 15.0. The summed E-state index contributed by atoms with van der Waals surface area (Å²) in [6, 6.07) is 15.7. The van der Waals surface area contributed by atoms with E-state index in [0.29, 0.717) is 18.0 Å². The number of imidazole rings is 1. The minimum Gasteiger partial charge on any atom is -0.356 e. The van der Waals surface area contributed by atoms with Crippen LogP contribution in [-0.4, -0.2) is 22.0 Å². The van der Waals surface area contributed by atoms with E-state index in [2.05, 4.69) is 23.0 Å². The summed E-state index contributed by atoms with van der Waals surface area (Å²) in [6.07, 6.45) is 4.39. The molecule has 2 aromatic carbocycles. The molecule has 1 aromatic heterocycles. The smallest absolute Gasteiger partial charge is 0.224 e. The molecule has 0 atom stereocenters. The molecule has 3 rings (SSSR count). The second kappa shape index (κ2) is 8.86. The monoisotopic (exact) mass is 369 g/mol. The van der Waals surface area contributed by atoms with E-state index in [-0.39, 0.29) is 5.91 Å². The van der Waals surface area contributed by atoms with Crippen molar-refractivity contribution >= 4 is 28.5 Å². The van der Waals surface area contributed by atoms with Gasteiger partial charge in [-0.1, -0.05) is 48.4 Å². The molecule has 3 aromatic rings. The maximum Gasteiger partial charge on any atom is 0.224 e. The van der Waals surface area contributed by atoms with Crippen LogP contribution in [-0.2, 0) is 24.7 Å². The van der Waals surface area contributed by atoms with Gasteiger partial charge < -0.3 is 9.88 Å². The van der Waals surface area contributed by atoms with Crippen LogP contribution in [0.15, 0.2) is 48.5 Å². The number of fused-ring (bicyclic) bond motifs is 1. The summed E-state index contributed by atoms with van der Waals surface area (Å²) >= 11 is 6.08. The zero-order chi connectivity index (χ0) is 18.4. The summed E-state index contributed by atoms with van der Waals surface area (Å²) < 4.78 is 2.17. The summed E-state index contributed by atoms with van der Waals surface area (Å²) in [5, 5.41) is 3.62. The molecule has 0 saturated carbocycles. The van der Waals surface area contributed by atoms with E-state index in [9.17, 15) is 4.79 Å². The Balaban J connectivity index is 1.36. The van der Waals surface area contributed by atoms with E-state index >= 15 is 0 Å². The van der Waals surface area contributed by atoms with Crippen LogP contribution in [0, 0.1) is 0 Å². The van der Waals surface area contributed by atoms with E-state index < -0.39 is 0 Å². The van der Waals surface area contributed by atoms with Gasteiger partial charge in [-0.25, -0.2) is 4.98 Å². The first-order chi connectivity index (χ1) is 12.6. The fraction of sp³-hybridized carbons (Fsp3) is 0.333. The minimum atomic E-state index is 0.0217. The Morgan fingerprint density at radius 2 is 1.85 bits per heavy atom. The van der Waals surface area contributed by atoms with Gasteiger partial charge in [-0.15, -0.1) is 0 Å². The van der Waals surface area contributed by atoms with E-state index in [1.807, 2.05) is 42.5 Å². The molecule has 5 heteroatoms. The highest BCUT2D eigenvalue weighted by molar-refractivity contribution is 6.31. The molecular weight excluding hydrogens is 346 g/mol. The van der Waals surface area contributed by atoms with E-state index in [0.717, 1.165) is 42.6 Å². The number of rotatable bonds is 8. The van der Waals surface area contributed by atoms with Gasteiger partial charge in [0.1, 0.15) is 5.82 Å². The Hall–Kier alpha value is -2.33. The highest BCUT2D eigenvalue weighted by Gasteiger charge is 2.07. The lowest BCUT2D eigenvalue weighted by Crippen LogP contribution is -2.26. The first-order valence-corrected chi connectivity index (χ1v) is 9.43. The Bertz CT molecular complexity index is 888. The minimum absolute atomic E-state index is 0.0217. The molecule has 0 aliphatic rings. The molecule has 0 fully saturated rings. The standard InChI is InChI=1S/C21H24ClN3O/c1-25-19-12-7-6-11-18(19)24-20(25)13-3-2-8-14-23-21(26)15-16-9-4-5-10-17(16)22/h4-7,9-12H,2-3,8,13-15H2,1H3,(H,23,26). The first-order valence-electron chi connectivity index (χ1n) is 9.05. The van der Waals surface area contributed by atoms with Crippen molar-refractivity contribution in [2.24, 2.45) is 7.05 Å². The molecule has 1 N–H and O–H groups in total. The van der Waals surface area contributed by atoms with Crippen LogP contribution in [0.1, 0.15) is 30.7 Å². The third kappa shape index (κ3) is 4.64. The molecule has 0 unspecified atom stereocenters. The van der Waals surface area contributed by atoms with Gasteiger partial charge in [0.2, 0.25) is 5.91 Å². The zero-order valence-corrected chi connectivity index (χ0v) is 15.8. The predicted octanol–water partition coefficient (Wildman–Crippen LogP) is 4.30.